The van der Waals surface area contributed by atoms with Gasteiger partial charge in [0, 0.05) is 19.6 Å². The normalized spacial score (nSPS) is 20.8. The van der Waals surface area contributed by atoms with Gasteiger partial charge in [0.25, 0.3) is 0 Å². The van der Waals surface area contributed by atoms with Crippen LogP contribution in [0.4, 0.5) is 0 Å². The number of aryl methyl sites for hydroxylation is 1. The first-order valence-electron chi connectivity index (χ1n) is 5.32. The number of hydrogen-bond donors (Lipinski definition) is 0. The molecule has 1 atom stereocenters. The van der Waals surface area contributed by atoms with Gasteiger partial charge >= 0.3 is 0 Å². The highest BCUT2D eigenvalue weighted by Crippen LogP contribution is 2.27. The van der Waals surface area contributed by atoms with Crippen molar-refractivity contribution in [3.05, 3.63) is 22.6 Å². The zero-order valence-corrected chi connectivity index (χ0v) is 10.6. The van der Waals surface area contributed by atoms with E-state index in [0.29, 0.717) is 5.92 Å². The fourth-order valence-electron chi connectivity index (χ4n) is 2.17. The van der Waals surface area contributed by atoms with E-state index in [2.05, 4.69) is 30.5 Å². The quantitative estimate of drug-likeness (QED) is 0.753. The predicted molar refractivity (Wildman–Crippen MR) is 64.4 cm³/mol. The maximum atomic E-state index is 5.40. The topological polar surface area (TPSA) is 39.9 Å². The molecule has 1 aliphatic heterocycles. The number of halogens is 1. The zero-order valence-electron chi connectivity index (χ0n) is 8.98. The van der Waals surface area contributed by atoms with Gasteiger partial charge in [0.15, 0.2) is 5.65 Å². The lowest BCUT2D eigenvalue weighted by Crippen LogP contribution is -2.05. The summed E-state index contributed by atoms with van der Waals surface area (Å²) < 4.78 is 8.35. The second-order valence-corrected chi connectivity index (χ2v) is 4.88. The van der Waals surface area contributed by atoms with Gasteiger partial charge in [-0.05, 0) is 34.5 Å². The zero-order chi connectivity index (χ0) is 11.1. The third-order valence-electron chi connectivity index (χ3n) is 3.04. The van der Waals surface area contributed by atoms with E-state index in [1.54, 1.807) is 0 Å². The Bertz CT molecular complexity index is 531. The average molecular weight is 282 g/mol. The summed E-state index contributed by atoms with van der Waals surface area (Å²) in [5.74, 6) is 1.50. The molecule has 1 aliphatic rings. The molecule has 2 aromatic heterocycles. The maximum Gasteiger partial charge on any atom is 0.178 e. The Morgan fingerprint density at radius 3 is 3.06 bits per heavy atom. The lowest BCUT2D eigenvalue weighted by Gasteiger charge is -2.06. The predicted octanol–water partition coefficient (Wildman–Crippen LogP) is 2.23. The van der Waals surface area contributed by atoms with E-state index in [4.69, 9.17) is 4.74 Å². The van der Waals surface area contributed by atoms with Gasteiger partial charge < -0.3 is 9.30 Å². The molecule has 0 radical (unpaired) electrons. The van der Waals surface area contributed by atoms with Crippen LogP contribution in [0.3, 0.4) is 0 Å². The van der Waals surface area contributed by atoms with Crippen LogP contribution in [0.15, 0.2) is 16.7 Å². The molecule has 1 fully saturated rings. The lowest BCUT2D eigenvalue weighted by molar-refractivity contribution is 0.193. The molecule has 5 heteroatoms. The summed E-state index contributed by atoms with van der Waals surface area (Å²) in [7, 11) is 2.04. The van der Waals surface area contributed by atoms with Crippen molar-refractivity contribution in [2.75, 3.05) is 13.2 Å². The smallest absolute Gasteiger partial charge is 0.178 e. The molecule has 1 unspecified atom stereocenters. The molecule has 3 rings (SSSR count). The van der Waals surface area contributed by atoms with Crippen LogP contribution in [0.2, 0.25) is 0 Å². The van der Waals surface area contributed by atoms with Gasteiger partial charge in [-0.3, -0.25) is 0 Å². The fraction of sp³-hybridized carbons (Fsp3) is 0.455. The maximum absolute atomic E-state index is 5.40. The van der Waals surface area contributed by atoms with Crippen LogP contribution in [0.5, 0.6) is 0 Å². The van der Waals surface area contributed by atoms with Crippen molar-refractivity contribution < 1.29 is 4.74 Å². The lowest BCUT2D eigenvalue weighted by atomic mass is 10.1. The molecule has 0 saturated carbocycles. The second-order valence-electron chi connectivity index (χ2n) is 4.07. The van der Waals surface area contributed by atoms with E-state index >= 15 is 0 Å². The van der Waals surface area contributed by atoms with E-state index in [1.807, 2.05) is 19.2 Å². The number of hydrogen-bond acceptors (Lipinski definition) is 3. The summed E-state index contributed by atoms with van der Waals surface area (Å²) in [6, 6.07) is 3.98. The third-order valence-corrected chi connectivity index (χ3v) is 3.48. The minimum Gasteiger partial charge on any atom is -0.381 e. The average Bonchev–Trinajstić information content (AvgIpc) is 2.86. The summed E-state index contributed by atoms with van der Waals surface area (Å²) in [6.07, 6.45) is 1.05. The Kier molecular flexibility index (Phi) is 2.44. The highest BCUT2D eigenvalue weighted by atomic mass is 79.9. The van der Waals surface area contributed by atoms with Crippen molar-refractivity contribution in [1.29, 1.82) is 0 Å². The summed E-state index contributed by atoms with van der Waals surface area (Å²) in [5, 5.41) is 0. The molecule has 2 aromatic rings. The number of rotatable bonds is 1. The van der Waals surface area contributed by atoms with Crippen LogP contribution < -0.4 is 0 Å². The van der Waals surface area contributed by atoms with Gasteiger partial charge in [0.2, 0.25) is 0 Å². The molecule has 3 heterocycles. The third kappa shape index (κ3) is 1.55. The first-order valence-corrected chi connectivity index (χ1v) is 6.11. The van der Waals surface area contributed by atoms with E-state index < -0.39 is 0 Å². The Morgan fingerprint density at radius 2 is 2.31 bits per heavy atom. The first-order chi connectivity index (χ1) is 7.75. The number of imidazole rings is 1. The van der Waals surface area contributed by atoms with Gasteiger partial charge in [-0.2, -0.15) is 0 Å². The number of pyridine rings is 1. The molecule has 4 nitrogen and oxygen atoms in total. The minimum atomic E-state index is 0.415. The van der Waals surface area contributed by atoms with Crippen molar-refractivity contribution in [3.8, 4) is 0 Å². The highest BCUT2D eigenvalue weighted by molar-refractivity contribution is 9.10. The Hall–Kier alpha value is -0.940. The summed E-state index contributed by atoms with van der Waals surface area (Å²) in [4.78, 5) is 8.97. The van der Waals surface area contributed by atoms with Crippen molar-refractivity contribution in [2.24, 2.45) is 7.05 Å². The van der Waals surface area contributed by atoms with Crippen LogP contribution >= 0.6 is 15.9 Å². The molecule has 16 heavy (non-hydrogen) atoms. The molecule has 0 bridgehead atoms. The van der Waals surface area contributed by atoms with Crippen molar-refractivity contribution >= 4 is 27.1 Å². The molecule has 84 valence electrons. The van der Waals surface area contributed by atoms with E-state index in [-0.39, 0.29) is 0 Å². The SMILES string of the molecule is Cn1c(C2CCOC2)nc2nc(Br)ccc21. The Labute approximate surface area is 102 Å². The molecular formula is C11H12BrN3O. The summed E-state index contributed by atoms with van der Waals surface area (Å²) in [6.45, 7) is 1.61. The minimum absolute atomic E-state index is 0.415. The van der Waals surface area contributed by atoms with Crippen molar-refractivity contribution in [1.82, 2.24) is 14.5 Å². The van der Waals surface area contributed by atoms with E-state index in [1.165, 1.54) is 0 Å². The number of fused-ring (bicyclic) bond motifs is 1. The Balaban J connectivity index is 2.14. The van der Waals surface area contributed by atoms with E-state index in [0.717, 1.165) is 41.2 Å². The highest BCUT2D eigenvalue weighted by Gasteiger charge is 2.23. The van der Waals surface area contributed by atoms with Gasteiger partial charge in [0.1, 0.15) is 10.4 Å². The van der Waals surface area contributed by atoms with E-state index in [9.17, 15) is 0 Å². The molecule has 0 aromatic carbocycles. The summed E-state index contributed by atoms with van der Waals surface area (Å²) in [5.41, 5.74) is 1.88. The fourth-order valence-corrected chi connectivity index (χ4v) is 2.47. The molecule has 0 aliphatic carbocycles. The van der Waals surface area contributed by atoms with Crippen LogP contribution in [-0.2, 0) is 11.8 Å². The van der Waals surface area contributed by atoms with Crippen molar-refractivity contribution in [3.63, 3.8) is 0 Å². The second kappa shape index (κ2) is 3.82. The van der Waals surface area contributed by atoms with Gasteiger partial charge in [0.05, 0.1) is 12.1 Å². The molecular weight excluding hydrogens is 270 g/mol. The molecule has 1 saturated heterocycles. The van der Waals surface area contributed by atoms with Gasteiger partial charge in [-0.1, -0.05) is 0 Å². The summed E-state index contributed by atoms with van der Waals surface area (Å²) >= 11 is 3.36. The largest absolute Gasteiger partial charge is 0.381 e. The van der Waals surface area contributed by atoms with Crippen molar-refractivity contribution in [2.45, 2.75) is 12.3 Å². The molecule has 0 N–H and O–H groups in total. The van der Waals surface area contributed by atoms with Gasteiger partial charge in [-0.15, -0.1) is 0 Å². The van der Waals surface area contributed by atoms with Crippen LogP contribution in [0.25, 0.3) is 11.2 Å². The number of aromatic nitrogens is 3. The monoisotopic (exact) mass is 281 g/mol. The standard InChI is InChI=1S/C11H12BrN3O/c1-15-8-2-3-9(12)13-10(8)14-11(15)7-4-5-16-6-7/h2-3,7H,4-6H2,1H3. The van der Waals surface area contributed by atoms with Crippen LogP contribution in [0, 0.1) is 0 Å². The molecule has 0 amide bonds. The Morgan fingerprint density at radius 1 is 1.44 bits per heavy atom. The number of nitrogens with zero attached hydrogens (tertiary/aromatic N) is 3. The van der Waals surface area contributed by atoms with Crippen LogP contribution in [-0.4, -0.2) is 27.7 Å². The molecule has 0 spiro atoms. The van der Waals surface area contributed by atoms with Gasteiger partial charge in [-0.25, -0.2) is 9.97 Å². The number of ether oxygens (including phenoxy) is 1. The first kappa shape index (κ1) is 10.2. The van der Waals surface area contributed by atoms with Crippen LogP contribution in [0.1, 0.15) is 18.2 Å².